The first-order valence-electron chi connectivity index (χ1n) is 14.9. The van der Waals surface area contributed by atoms with Gasteiger partial charge in [-0.15, -0.1) is 0 Å². The summed E-state index contributed by atoms with van der Waals surface area (Å²) in [6.07, 6.45) is 1.41. The number of phenols is 1. The van der Waals surface area contributed by atoms with Crippen LogP contribution in [0.2, 0.25) is 0 Å². The molecular formula is C34H42O11. The second kappa shape index (κ2) is 18.6. The SMILES string of the molecule is CCCc1c(OCCOCCOCCOCCOc2ccc3ccc(OCC(=O)OC)cc3c2C(C)=O)ccc(C(C)=O)c1O. The molecule has 3 rings (SSSR count). The van der Waals surface area contributed by atoms with Crippen LogP contribution in [0.3, 0.4) is 0 Å². The van der Waals surface area contributed by atoms with Gasteiger partial charge in [-0.1, -0.05) is 25.5 Å². The van der Waals surface area contributed by atoms with E-state index in [1.165, 1.54) is 21.0 Å². The van der Waals surface area contributed by atoms with Crippen LogP contribution in [0.4, 0.5) is 0 Å². The molecule has 0 aliphatic rings. The molecule has 0 radical (unpaired) electrons. The van der Waals surface area contributed by atoms with Gasteiger partial charge in [-0.05, 0) is 61.4 Å². The zero-order chi connectivity index (χ0) is 32.6. The number of aromatic hydroxyl groups is 1. The van der Waals surface area contributed by atoms with Crippen molar-refractivity contribution in [1.29, 1.82) is 0 Å². The highest BCUT2D eigenvalue weighted by atomic mass is 16.6. The number of rotatable bonds is 21. The van der Waals surface area contributed by atoms with Crippen LogP contribution in [-0.2, 0) is 30.2 Å². The van der Waals surface area contributed by atoms with Gasteiger partial charge < -0.3 is 38.3 Å². The molecule has 0 aliphatic heterocycles. The fourth-order valence-corrected chi connectivity index (χ4v) is 4.54. The zero-order valence-electron chi connectivity index (χ0n) is 26.3. The molecule has 0 heterocycles. The monoisotopic (exact) mass is 626 g/mol. The third-order valence-corrected chi connectivity index (χ3v) is 6.72. The second-order valence-corrected chi connectivity index (χ2v) is 10.0. The standard InChI is InChI=1S/C34H42O11/c1-5-6-28-30(12-10-27(23(2)35)34(28)38)43-19-17-41-15-13-40-14-16-42-18-20-44-31-11-8-25-7-9-26(45-22-32(37)39-4)21-29(25)33(31)24(3)36/h7-12,21,38H,5-6,13-20,22H2,1-4H3. The Bertz CT molecular complexity index is 1430. The van der Waals surface area contributed by atoms with Crippen LogP contribution in [-0.4, -0.2) is 89.2 Å². The van der Waals surface area contributed by atoms with E-state index in [2.05, 4.69) is 4.74 Å². The molecule has 0 atom stereocenters. The minimum atomic E-state index is -0.501. The number of ketones is 2. The number of benzene rings is 3. The van der Waals surface area contributed by atoms with Crippen LogP contribution >= 0.6 is 0 Å². The summed E-state index contributed by atoms with van der Waals surface area (Å²) in [4.78, 5) is 35.6. The van der Waals surface area contributed by atoms with E-state index in [1.807, 2.05) is 19.1 Å². The quantitative estimate of drug-likeness (QED) is 0.0976. The molecule has 1 N–H and O–H groups in total. The van der Waals surface area contributed by atoms with Crippen LogP contribution in [0.25, 0.3) is 10.8 Å². The van der Waals surface area contributed by atoms with Gasteiger partial charge in [0.15, 0.2) is 18.2 Å². The number of fused-ring (bicyclic) bond motifs is 1. The molecule has 0 unspecified atom stereocenters. The van der Waals surface area contributed by atoms with Crippen molar-refractivity contribution < 1.29 is 52.6 Å². The number of carbonyl (C=O) groups is 3. The van der Waals surface area contributed by atoms with Gasteiger partial charge in [0.05, 0.1) is 57.9 Å². The average Bonchev–Trinajstić information content (AvgIpc) is 3.02. The molecule has 0 saturated heterocycles. The fourth-order valence-electron chi connectivity index (χ4n) is 4.54. The summed E-state index contributed by atoms with van der Waals surface area (Å²) in [5.41, 5.74) is 1.35. The smallest absolute Gasteiger partial charge is 0.343 e. The van der Waals surface area contributed by atoms with Crippen LogP contribution < -0.4 is 14.2 Å². The van der Waals surface area contributed by atoms with Gasteiger partial charge >= 0.3 is 5.97 Å². The number of carbonyl (C=O) groups excluding carboxylic acids is 3. The van der Waals surface area contributed by atoms with E-state index in [9.17, 15) is 19.5 Å². The van der Waals surface area contributed by atoms with Crippen molar-refractivity contribution in [2.75, 3.05) is 66.6 Å². The number of ether oxygens (including phenoxy) is 7. The van der Waals surface area contributed by atoms with Crippen LogP contribution in [0.15, 0.2) is 42.5 Å². The van der Waals surface area contributed by atoms with E-state index >= 15 is 0 Å². The Morgan fingerprint density at radius 1 is 0.711 bits per heavy atom. The lowest BCUT2D eigenvalue weighted by Gasteiger charge is -2.15. The van der Waals surface area contributed by atoms with E-state index in [0.29, 0.717) is 92.0 Å². The summed E-state index contributed by atoms with van der Waals surface area (Å²) in [5, 5.41) is 11.9. The molecule has 11 heteroatoms. The Balaban J connectivity index is 1.31. The topological polar surface area (TPSA) is 136 Å². The first-order valence-corrected chi connectivity index (χ1v) is 14.9. The molecule has 45 heavy (non-hydrogen) atoms. The molecule has 0 amide bonds. The fraction of sp³-hybridized carbons (Fsp3) is 0.441. The number of hydrogen-bond donors (Lipinski definition) is 1. The maximum Gasteiger partial charge on any atom is 0.343 e. The number of hydrogen-bond acceptors (Lipinski definition) is 11. The minimum Gasteiger partial charge on any atom is -0.507 e. The van der Waals surface area contributed by atoms with Gasteiger partial charge in [-0.25, -0.2) is 4.79 Å². The van der Waals surface area contributed by atoms with Gasteiger partial charge in [-0.3, -0.25) is 9.59 Å². The maximum absolute atomic E-state index is 12.5. The van der Waals surface area contributed by atoms with Gasteiger partial charge in [0, 0.05) is 5.56 Å². The Kier molecular flexibility index (Phi) is 14.6. The predicted molar refractivity (Wildman–Crippen MR) is 167 cm³/mol. The summed E-state index contributed by atoms with van der Waals surface area (Å²) < 4.78 is 38.4. The van der Waals surface area contributed by atoms with Crippen LogP contribution in [0.5, 0.6) is 23.0 Å². The highest BCUT2D eigenvalue weighted by molar-refractivity contribution is 6.09. The Morgan fingerprint density at radius 2 is 1.29 bits per heavy atom. The molecule has 11 nitrogen and oxygen atoms in total. The molecule has 3 aromatic carbocycles. The van der Waals surface area contributed by atoms with Crippen molar-refractivity contribution in [3.05, 3.63) is 59.2 Å². The molecule has 0 fully saturated rings. The Morgan fingerprint density at radius 3 is 1.87 bits per heavy atom. The van der Waals surface area contributed by atoms with Crippen LogP contribution in [0, 0.1) is 0 Å². The molecular weight excluding hydrogens is 584 g/mol. The summed E-state index contributed by atoms with van der Waals surface area (Å²) in [6, 6.07) is 12.1. The van der Waals surface area contributed by atoms with E-state index in [4.69, 9.17) is 28.4 Å². The van der Waals surface area contributed by atoms with E-state index in [-0.39, 0.29) is 30.5 Å². The number of phenolic OH excluding ortho intramolecular Hbond substituents is 1. The molecule has 0 aliphatic carbocycles. The largest absolute Gasteiger partial charge is 0.507 e. The van der Waals surface area contributed by atoms with Crippen LogP contribution in [0.1, 0.15) is 53.5 Å². The molecule has 0 bridgehead atoms. The molecule has 0 spiro atoms. The van der Waals surface area contributed by atoms with Gasteiger partial charge in [0.2, 0.25) is 0 Å². The first-order chi connectivity index (χ1) is 21.8. The molecule has 0 saturated carbocycles. The van der Waals surface area contributed by atoms with Crippen molar-refractivity contribution in [3.8, 4) is 23.0 Å². The zero-order valence-corrected chi connectivity index (χ0v) is 26.3. The number of esters is 1. The van der Waals surface area contributed by atoms with Gasteiger partial charge in [0.1, 0.15) is 36.2 Å². The predicted octanol–water partition coefficient (Wildman–Crippen LogP) is 4.96. The number of Topliss-reactive ketones (excluding diaryl/α,β-unsaturated/α-hetero) is 2. The lowest BCUT2D eigenvalue weighted by Crippen LogP contribution is -2.15. The molecule has 3 aromatic rings. The number of methoxy groups -OCH3 is 1. The maximum atomic E-state index is 12.5. The third kappa shape index (κ3) is 10.7. The summed E-state index contributed by atoms with van der Waals surface area (Å²) in [5.74, 6) is 0.560. The first kappa shape index (κ1) is 35.3. The van der Waals surface area contributed by atoms with Gasteiger partial charge in [-0.2, -0.15) is 0 Å². The average molecular weight is 627 g/mol. The van der Waals surface area contributed by atoms with E-state index in [1.54, 1.807) is 30.3 Å². The van der Waals surface area contributed by atoms with Crippen molar-refractivity contribution in [2.24, 2.45) is 0 Å². The second-order valence-electron chi connectivity index (χ2n) is 10.0. The van der Waals surface area contributed by atoms with Crippen molar-refractivity contribution in [3.63, 3.8) is 0 Å². The molecule has 244 valence electrons. The van der Waals surface area contributed by atoms with Crippen molar-refractivity contribution >= 4 is 28.3 Å². The lowest BCUT2D eigenvalue weighted by atomic mass is 10.0. The lowest BCUT2D eigenvalue weighted by molar-refractivity contribution is -0.142. The summed E-state index contributed by atoms with van der Waals surface area (Å²) in [6.45, 7) is 7.35. The third-order valence-electron chi connectivity index (χ3n) is 6.72. The Hall–Kier alpha value is -4.19. The van der Waals surface area contributed by atoms with E-state index in [0.717, 1.165) is 11.8 Å². The summed E-state index contributed by atoms with van der Waals surface area (Å²) >= 11 is 0. The van der Waals surface area contributed by atoms with Crippen molar-refractivity contribution in [1.82, 2.24) is 0 Å². The van der Waals surface area contributed by atoms with Gasteiger partial charge in [0.25, 0.3) is 0 Å². The highest BCUT2D eigenvalue weighted by Gasteiger charge is 2.17. The van der Waals surface area contributed by atoms with Crippen molar-refractivity contribution in [2.45, 2.75) is 33.6 Å². The summed E-state index contributed by atoms with van der Waals surface area (Å²) in [7, 11) is 1.29. The Labute approximate surface area is 263 Å². The normalized spacial score (nSPS) is 10.9. The minimum absolute atomic E-state index is 0.0152. The highest BCUT2D eigenvalue weighted by Crippen LogP contribution is 2.33. The van der Waals surface area contributed by atoms with E-state index < -0.39 is 5.97 Å². The molecule has 0 aromatic heterocycles.